The zero-order chi connectivity index (χ0) is 19.8. The Kier molecular flexibility index (Phi) is 4.82. The molecule has 0 bridgehead atoms. The van der Waals surface area contributed by atoms with Crippen molar-refractivity contribution in [1.82, 2.24) is 15.0 Å². The van der Waals surface area contributed by atoms with Gasteiger partial charge in [-0.3, -0.25) is 4.98 Å². The van der Waals surface area contributed by atoms with Gasteiger partial charge in [0.1, 0.15) is 16.8 Å². The standard InChI is InChI=1S/C21H19ClN6S/c22-15-7-5-13(6-8-15)17-2-1-9-28(17)18-12-24-19(14-3-4-14)20(26-18)27-21-25-11-16(10-23)29-21/h5-8,11-12,14,17H,1-4,9H2,(H,25,26,27). The van der Waals surface area contributed by atoms with Gasteiger partial charge in [-0.1, -0.05) is 35.1 Å². The van der Waals surface area contributed by atoms with Crippen LogP contribution in [-0.4, -0.2) is 21.5 Å². The lowest BCUT2D eigenvalue weighted by atomic mass is 10.0. The molecule has 1 aromatic carbocycles. The molecule has 3 aromatic rings. The molecule has 6 nitrogen and oxygen atoms in total. The van der Waals surface area contributed by atoms with Gasteiger partial charge in [0.05, 0.1) is 24.1 Å². The Bertz CT molecular complexity index is 1070. The van der Waals surface area contributed by atoms with Crippen LogP contribution in [0.2, 0.25) is 5.02 Å². The fourth-order valence-electron chi connectivity index (χ4n) is 3.83. The second-order valence-electron chi connectivity index (χ2n) is 7.41. The minimum Gasteiger partial charge on any atom is -0.348 e. The number of nitriles is 1. The van der Waals surface area contributed by atoms with Crippen LogP contribution < -0.4 is 10.2 Å². The van der Waals surface area contributed by atoms with Crippen LogP contribution in [0.4, 0.5) is 16.8 Å². The zero-order valence-electron chi connectivity index (χ0n) is 15.7. The van der Waals surface area contributed by atoms with Crippen LogP contribution in [0.15, 0.2) is 36.7 Å². The molecule has 1 aliphatic carbocycles. The SMILES string of the molecule is N#Cc1cnc(Nc2nc(N3CCCC3c3ccc(Cl)cc3)cnc2C2CC2)s1. The first-order chi connectivity index (χ1) is 14.2. The summed E-state index contributed by atoms with van der Waals surface area (Å²) in [4.78, 5) is 16.9. The van der Waals surface area contributed by atoms with Crippen molar-refractivity contribution in [3.63, 3.8) is 0 Å². The summed E-state index contributed by atoms with van der Waals surface area (Å²) in [5.41, 5.74) is 2.23. The van der Waals surface area contributed by atoms with Crippen molar-refractivity contribution in [2.45, 2.75) is 37.6 Å². The van der Waals surface area contributed by atoms with Crippen molar-refractivity contribution >= 4 is 39.7 Å². The number of aromatic nitrogens is 3. The Morgan fingerprint density at radius 3 is 2.69 bits per heavy atom. The fraction of sp³-hybridized carbons (Fsp3) is 0.333. The predicted molar refractivity (Wildman–Crippen MR) is 115 cm³/mol. The van der Waals surface area contributed by atoms with Crippen molar-refractivity contribution in [2.24, 2.45) is 0 Å². The summed E-state index contributed by atoms with van der Waals surface area (Å²) in [6, 6.07) is 10.5. The van der Waals surface area contributed by atoms with Gasteiger partial charge in [-0.2, -0.15) is 5.26 Å². The van der Waals surface area contributed by atoms with E-state index in [-0.39, 0.29) is 6.04 Å². The average Bonchev–Trinajstić information content (AvgIpc) is 3.28. The van der Waals surface area contributed by atoms with E-state index in [4.69, 9.17) is 26.8 Å². The molecule has 5 rings (SSSR count). The van der Waals surface area contributed by atoms with E-state index >= 15 is 0 Å². The third kappa shape index (κ3) is 3.78. The van der Waals surface area contributed by atoms with E-state index in [1.54, 1.807) is 6.20 Å². The number of anilines is 3. The Hall–Kier alpha value is -2.69. The molecule has 2 aliphatic rings. The molecule has 1 saturated heterocycles. The van der Waals surface area contributed by atoms with Gasteiger partial charge in [0.25, 0.3) is 0 Å². The largest absolute Gasteiger partial charge is 0.348 e. The molecule has 0 radical (unpaired) electrons. The number of halogens is 1. The molecule has 0 spiro atoms. The van der Waals surface area contributed by atoms with Gasteiger partial charge in [-0.15, -0.1) is 0 Å². The van der Waals surface area contributed by atoms with Crippen LogP contribution in [0, 0.1) is 11.3 Å². The highest BCUT2D eigenvalue weighted by Crippen LogP contribution is 2.44. The molecular formula is C21H19ClN6S. The summed E-state index contributed by atoms with van der Waals surface area (Å²) in [5.74, 6) is 2.08. The number of nitrogens with one attached hydrogen (secondary N) is 1. The van der Waals surface area contributed by atoms with E-state index in [0.29, 0.717) is 15.9 Å². The number of benzene rings is 1. The van der Waals surface area contributed by atoms with Crippen molar-refractivity contribution in [3.05, 3.63) is 57.8 Å². The molecule has 146 valence electrons. The van der Waals surface area contributed by atoms with E-state index in [2.05, 4.69) is 33.4 Å². The van der Waals surface area contributed by atoms with Crippen molar-refractivity contribution in [3.8, 4) is 6.07 Å². The first kappa shape index (κ1) is 18.3. The van der Waals surface area contributed by atoms with Gasteiger partial charge in [0, 0.05) is 17.5 Å². The van der Waals surface area contributed by atoms with E-state index in [9.17, 15) is 0 Å². The van der Waals surface area contributed by atoms with Crippen LogP contribution in [0.1, 0.15) is 53.8 Å². The molecule has 29 heavy (non-hydrogen) atoms. The van der Waals surface area contributed by atoms with Gasteiger partial charge in [0.2, 0.25) is 0 Å². The Balaban J connectivity index is 1.46. The number of nitrogens with zero attached hydrogens (tertiary/aromatic N) is 5. The topological polar surface area (TPSA) is 77.7 Å². The third-order valence-electron chi connectivity index (χ3n) is 5.40. The highest BCUT2D eigenvalue weighted by atomic mass is 35.5. The molecular weight excluding hydrogens is 404 g/mol. The molecule has 1 N–H and O–H groups in total. The summed E-state index contributed by atoms with van der Waals surface area (Å²) in [6.45, 7) is 0.944. The maximum absolute atomic E-state index is 9.06. The van der Waals surface area contributed by atoms with Crippen LogP contribution in [-0.2, 0) is 0 Å². The Labute approximate surface area is 178 Å². The Morgan fingerprint density at radius 2 is 1.97 bits per heavy atom. The minimum atomic E-state index is 0.270. The van der Waals surface area contributed by atoms with E-state index < -0.39 is 0 Å². The van der Waals surface area contributed by atoms with Gasteiger partial charge < -0.3 is 10.2 Å². The molecule has 2 aromatic heterocycles. The van der Waals surface area contributed by atoms with Gasteiger partial charge in [-0.05, 0) is 43.4 Å². The lowest BCUT2D eigenvalue weighted by molar-refractivity contribution is 0.709. The maximum Gasteiger partial charge on any atom is 0.189 e. The lowest BCUT2D eigenvalue weighted by Crippen LogP contribution is -2.24. The molecule has 0 amide bonds. The van der Waals surface area contributed by atoms with Crippen LogP contribution >= 0.6 is 22.9 Å². The number of rotatable bonds is 5. The highest BCUT2D eigenvalue weighted by Gasteiger charge is 2.32. The van der Waals surface area contributed by atoms with Crippen LogP contribution in [0.5, 0.6) is 0 Å². The predicted octanol–water partition coefficient (Wildman–Crippen LogP) is 5.42. The quantitative estimate of drug-likeness (QED) is 0.591. The van der Waals surface area contributed by atoms with Crippen LogP contribution in [0.3, 0.4) is 0 Å². The average molecular weight is 423 g/mol. The molecule has 1 aliphatic heterocycles. The number of hydrogen-bond acceptors (Lipinski definition) is 7. The summed E-state index contributed by atoms with van der Waals surface area (Å²) in [7, 11) is 0. The number of hydrogen-bond donors (Lipinski definition) is 1. The summed E-state index contributed by atoms with van der Waals surface area (Å²) in [6.07, 6.45) is 7.95. The van der Waals surface area contributed by atoms with E-state index in [1.807, 2.05) is 18.3 Å². The molecule has 1 saturated carbocycles. The van der Waals surface area contributed by atoms with Crippen molar-refractivity contribution < 1.29 is 0 Å². The Morgan fingerprint density at radius 1 is 1.14 bits per heavy atom. The first-order valence-corrected chi connectivity index (χ1v) is 10.9. The second-order valence-corrected chi connectivity index (χ2v) is 8.87. The summed E-state index contributed by atoms with van der Waals surface area (Å²) < 4.78 is 0. The smallest absolute Gasteiger partial charge is 0.189 e. The van der Waals surface area contributed by atoms with Gasteiger partial charge in [0.15, 0.2) is 10.9 Å². The van der Waals surface area contributed by atoms with Gasteiger partial charge >= 0.3 is 0 Å². The molecule has 1 unspecified atom stereocenters. The second kappa shape index (κ2) is 7.62. The van der Waals surface area contributed by atoms with Crippen LogP contribution in [0.25, 0.3) is 0 Å². The van der Waals surface area contributed by atoms with E-state index in [1.165, 1.54) is 16.9 Å². The molecule has 2 fully saturated rings. The number of thiazole rings is 1. The molecule has 3 heterocycles. The van der Waals surface area contributed by atoms with Gasteiger partial charge in [-0.25, -0.2) is 9.97 Å². The van der Waals surface area contributed by atoms with Crippen molar-refractivity contribution in [1.29, 1.82) is 5.26 Å². The molecule has 1 atom stereocenters. The maximum atomic E-state index is 9.06. The monoisotopic (exact) mass is 422 g/mol. The van der Waals surface area contributed by atoms with E-state index in [0.717, 1.165) is 54.6 Å². The minimum absolute atomic E-state index is 0.270. The normalized spacial score (nSPS) is 18.6. The fourth-order valence-corrected chi connectivity index (χ4v) is 4.57. The zero-order valence-corrected chi connectivity index (χ0v) is 17.2. The first-order valence-electron chi connectivity index (χ1n) is 9.73. The molecule has 8 heteroatoms. The third-order valence-corrected chi connectivity index (χ3v) is 6.46. The summed E-state index contributed by atoms with van der Waals surface area (Å²) in [5, 5.41) is 13.8. The lowest BCUT2D eigenvalue weighted by Gasteiger charge is -2.26. The summed E-state index contributed by atoms with van der Waals surface area (Å²) >= 11 is 7.39. The van der Waals surface area contributed by atoms with Crippen molar-refractivity contribution in [2.75, 3.05) is 16.8 Å². The highest BCUT2D eigenvalue weighted by molar-refractivity contribution is 7.16.